The van der Waals surface area contributed by atoms with E-state index in [1.807, 2.05) is 0 Å². The summed E-state index contributed by atoms with van der Waals surface area (Å²) in [4.78, 5) is 2.54. The maximum atomic E-state index is 7.19. The number of benzene rings is 6. The molecule has 0 amide bonds. The molecule has 12 rings (SSSR count). The number of hydrogen-bond donors (Lipinski definition) is 0. The smallest absolute Gasteiger partial charge is 0.133 e. The second-order valence-electron chi connectivity index (χ2n) is 19.6. The van der Waals surface area contributed by atoms with Crippen molar-refractivity contribution >= 4 is 17.1 Å². The zero-order chi connectivity index (χ0) is 37.6. The molecule has 4 fully saturated rings. The van der Waals surface area contributed by atoms with Crippen LogP contribution in [0.2, 0.25) is 0 Å². The fourth-order valence-corrected chi connectivity index (χ4v) is 13.8. The Labute approximate surface area is 332 Å². The average Bonchev–Trinajstić information content (AvgIpc) is 3.76. The van der Waals surface area contributed by atoms with E-state index in [2.05, 4.69) is 172 Å². The molecule has 6 atom stereocenters. The summed E-state index contributed by atoms with van der Waals surface area (Å²) >= 11 is 0. The van der Waals surface area contributed by atoms with Gasteiger partial charge in [0.25, 0.3) is 0 Å². The zero-order valence-electron chi connectivity index (χ0n) is 33.2. The molecule has 6 unspecified atom stereocenters. The first-order valence-electron chi connectivity index (χ1n) is 21.3. The third kappa shape index (κ3) is 4.23. The third-order valence-corrected chi connectivity index (χ3v) is 16.2. The van der Waals surface area contributed by atoms with Crippen molar-refractivity contribution in [3.63, 3.8) is 0 Å². The van der Waals surface area contributed by atoms with E-state index in [0.29, 0.717) is 17.3 Å². The maximum Gasteiger partial charge on any atom is 0.133 e. The molecule has 2 spiro atoms. The molecule has 4 saturated carbocycles. The Morgan fingerprint density at radius 2 is 1.18 bits per heavy atom. The van der Waals surface area contributed by atoms with Crippen LogP contribution in [0.15, 0.2) is 140 Å². The van der Waals surface area contributed by atoms with Crippen molar-refractivity contribution in [3.8, 4) is 33.8 Å². The minimum absolute atomic E-state index is 0.0119. The van der Waals surface area contributed by atoms with Crippen LogP contribution in [-0.2, 0) is 16.2 Å². The van der Waals surface area contributed by atoms with Gasteiger partial charge in [-0.1, -0.05) is 125 Å². The Bertz CT molecular complexity index is 2550. The standard InChI is InChI=1S/C54H51NO/c1-51(2)26-27-52(3,4)50-43(51)16-11-17-45(50)55(40-21-18-37(19-22-40)35-12-7-5-8-13-35)41-23-24-42-47(32-41)56-46-25-20-38(36-14-9-6-10-15-36)30-44(46)54(42)48-29-34-28-39-31-49(54)53(39,48)33-34/h5-25,30,32,34,39,48-49H,26-29,31,33H2,1-4H3. The molecule has 1 heterocycles. The van der Waals surface area contributed by atoms with E-state index in [0.717, 1.165) is 35.4 Å². The van der Waals surface area contributed by atoms with Crippen molar-refractivity contribution < 1.29 is 4.74 Å². The summed E-state index contributed by atoms with van der Waals surface area (Å²) < 4.78 is 7.19. The molecule has 6 aliphatic rings. The van der Waals surface area contributed by atoms with Gasteiger partial charge in [0, 0.05) is 34.0 Å². The van der Waals surface area contributed by atoms with Crippen LogP contribution in [0.1, 0.15) is 88.5 Å². The van der Waals surface area contributed by atoms with E-state index in [9.17, 15) is 0 Å². The number of nitrogens with zero attached hydrogens (tertiary/aromatic N) is 1. The summed E-state index contributed by atoms with van der Waals surface area (Å²) in [7, 11) is 0. The van der Waals surface area contributed by atoms with Gasteiger partial charge in [0.15, 0.2) is 0 Å². The number of ether oxygens (including phenoxy) is 1. The highest BCUT2D eigenvalue weighted by atomic mass is 16.5. The molecule has 0 saturated heterocycles. The third-order valence-electron chi connectivity index (χ3n) is 16.2. The Kier molecular flexibility index (Phi) is 6.67. The summed E-state index contributed by atoms with van der Waals surface area (Å²) in [5, 5.41) is 0. The van der Waals surface area contributed by atoms with Gasteiger partial charge in [0.05, 0.1) is 5.69 Å². The van der Waals surface area contributed by atoms with Crippen molar-refractivity contribution in [1.29, 1.82) is 0 Å². The van der Waals surface area contributed by atoms with Crippen LogP contribution in [0.4, 0.5) is 17.1 Å². The average molecular weight is 730 g/mol. The Morgan fingerprint density at radius 3 is 1.93 bits per heavy atom. The van der Waals surface area contributed by atoms with Gasteiger partial charge < -0.3 is 9.64 Å². The summed E-state index contributed by atoms with van der Waals surface area (Å²) in [6.07, 6.45) is 8.00. The molecule has 2 heteroatoms. The second kappa shape index (κ2) is 11.3. The Hall–Kier alpha value is -5.08. The van der Waals surface area contributed by atoms with Crippen LogP contribution in [-0.4, -0.2) is 0 Å². The van der Waals surface area contributed by atoms with E-state index in [-0.39, 0.29) is 16.2 Å². The molecular weight excluding hydrogens is 679 g/mol. The fourth-order valence-electron chi connectivity index (χ4n) is 13.8. The molecule has 0 N–H and O–H groups in total. The molecular formula is C54H51NO. The molecule has 6 aromatic carbocycles. The van der Waals surface area contributed by atoms with E-state index in [1.54, 1.807) is 0 Å². The normalized spacial score (nSPS) is 28.9. The lowest BCUT2D eigenvalue weighted by Gasteiger charge is -2.77. The molecule has 278 valence electrons. The first kappa shape index (κ1) is 33.1. The van der Waals surface area contributed by atoms with Crippen molar-refractivity contribution in [1.82, 2.24) is 0 Å². The van der Waals surface area contributed by atoms with E-state index in [1.165, 1.54) is 88.0 Å². The van der Waals surface area contributed by atoms with Gasteiger partial charge in [-0.2, -0.15) is 0 Å². The molecule has 2 nitrogen and oxygen atoms in total. The van der Waals surface area contributed by atoms with Crippen molar-refractivity contribution in [3.05, 3.63) is 162 Å². The lowest BCUT2D eigenvalue weighted by Crippen LogP contribution is -2.74. The van der Waals surface area contributed by atoms with Crippen LogP contribution in [0.5, 0.6) is 11.5 Å². The second-order valence-corrected chi connectivity index (χ2v) is 19.6. The van der Waals surface area contributed by atoms with Gasteiger partial charge in [0.1, 0.15) is 11.5 Å². The molecule has 0 radical (unpaired) electrons. The van der Waals surface area contributed by atoms with Crippen LogP contribution < -0.4 is 9.64 Å². The van der Waals surface area contributed by atoms with Gasteiger partial charge in [-0.15, -0.1) is 0 Å². The predicted octanol–water partition coefficient (Wildman–Crippen LogP) is 14.3. The van der Waals surface area contributed by atoms with E-state index < -0.39 is 0 Å². The van der Waals surface area contributed by atoms with Crippen molar-refractivity contribution in [2.45, 2.75) is 82.5 Å². The number of rotatable bonds is 5. The van der Waals surface area contributed by atoms with Crippen LogP contribution in [0, 0.1) is 29.1 Å². The highest BCUT2D eigenvalue weighted by Crippen LogP contribution is 2.89. The number of fused-ring (bicyclic) bond motifs is 8. The summed E-state index contributed by atoms with van der Waals surface area (Å²) in [6.45, 7) is 9.77. The fraction of sp³-hybridized carbons (Fsp3) is 0.333. The highest BCUT2D eigenvalue weighted by Gasteiger charge is 2.84. The molecule has 5 aliphatic carbocycles. The largest absolute Gasteiger partial charge is 0.457 e. The zero-order valence-corrected chi connectivity index (χ0v) is 33.2. The van der Waals surface area contributed by atoms with Crippen molar-refractivity contribution in [2.24, 2.45) is 29.1 Å². The minimum atomic E-state index is 0.0119. The molecule has 56 heavy (non-hydrogen) atoms. The topological polar surface area (TPSA) is 12.5 Å². The van der Waals surface area contributed by atoms with Gasteiger partial charge in [-0.25, -0.2) is 0 Å². The Morgan fingerprint density at radius 1 is 0.518 bits per heavy atom. The summed E-state index contributed by atoms with van der Waals surface area (Å²) in [5.41, 5.74) is 15.2. The first-order chi connectivity index (χ1) is 27.2. The maximum absolute atomic E-state index is 7.19. The summed E-state index contributed by atoms with van der Waals surface area (Å²) in [5.74, 6) is 5.34. The van der Waals surface area contributed by atoms with Crippen LogP contribution in [0.3, 0.4) is 0 Å². The number of hydrogen-bond acceptors (Lipinski definition) is 2. The lowest BCUT2D eigenvalue weighted by molar-refractivity contribution is -0.235. The Balaban J connectivity index is 1.05. The number of anilines is 3. The molecule has 0 aromatic heterocycles. The highest BCUT2D eigenvalue weighted by molar-refractivity contribution is 5.83. The van der Waals surface area contributed by atoms with Gasteiger partial charge >= 0.3 is 0 Å². The van der Waals surface area contributed by atoms with Crippen LogP contribution >= 0.6 is 0 Å². The first-order valence-corrected chi connectivity index (χ1v) is 21.3. The summed E-state index contributed by atoms with van der Waals surface area (Å²) in [6, 6.07) is 52.4. The quantitative estimate of drug-likeness (QED) is 0.175. The monoisotopic (exact) mass is 729 g/mol. The van der Waals surface area contributed by atoms with E-state index >= 15 is 0 Å². The minimum Gasteiger partial charge on any atom is -0.457 e. The van der Waals surface area contributed by atoms with Crippen molar-refractivity contribution in [2.75, 3.05) is 4.90 Å². The molecule has 1 aliphatic heterocycles. The van der Waals surface area contributed by atoms with Gasteiger partial charge in [0.2, 0.25) is 0 Å². The lowest BCUT2D eigenvalue weighted by atomic mass is 9.26. The molecule has 6 aromatic rings. The van der Waals surface area contributed by atoms with Crippen LogP contribution in [0.25, 0.3) is 22.3 Å². The van der Waals surface area contributed by atoms with Gasteiger partial charge in [-0.3, -0.25) is 0 Å². The van der Waals surface area contributed by atoms with Gasteiger partial charge in [-0.05, 0) is 148 Å². The molecule has 2 bridgehead atoms. The predicted molar refractivity (Wildman–Crippen MR) is 229 cm³/mol. The van der Waals surface area contributed by atoms with E-state index in [4.69, 9.17) is 4.74 Å². The SMILES string of the molecule is CC1(C)CCC(C)(C)c2c(N(c3ccc(-c4ccccc4)cc3)c3ccc4c(c3)Oc3ccc(-c5ccccc5)cc3C43C4CC5CC6CC3C64C5)cccc21.